The highest BCUT2D eigenvalue weighted by molar-refractivity contribution is 5.18. The summed E-state index contributed by atoms with van der Waals surface area (Å²) in [5.41, 5.74) is 1.61. The highest BCUT2D eigenvalue weighted by atomic mass is 16.3. The summed E-state index contributed by atoms with van der Waals surface area (Å²) in [6.45, 7) is 12.2. The van der Waals surface area contributed by atoms with E-state index in [1.165, 1.54) is 64.6 Å². The Kier molecular flexibility index (Phi) is 13.4. The Bertz CT molecular complexity index is 650. The van der Waals surface area contributed by atoms with Gasteiger partial charge in [-0.1, -0.05) is 57.4 Å². The van der Waals surface area contributed by atoms with Crippen molar-refractivity contribution in [3.05, 3.63) is 23.8 Å². The summed E-state index contributed by atoms with van der Waals surface area (Å²) in [6, 6.07) is 0. The van der Waals surface area contributed by atoms with Crippen molar-refractivity contribution < 1.29 is 10.2 Å². The first-order valence-electron chi connectivity index (χ1n) is 13.8. The van der Waals surface area contributed by atoms with Gasteiger partial charge in [-0.3, -0.25) is 0 Å². The minimum atomic E-state index is -0.484. The molecule has 2 aliphatic rings. The van der Waals surface area contributed by atoms with Gasteiger partial charge in [0.2, 0.25) is 0 Å². The molecular weight excluding hydrogens is 406 g/mol. The van der Waals surface area contributed by atoms with E-state index in [1.54, 1.807) is 5.57 Å². The van der Waals surface area contributed by atoms with Crippen LogP contribution < -0.4 is 0 Å². The van der Waals surface area contributed by atoms with Crippen LogP contribution in [0.5, 0.6) is 0 Å². The maximum atomic E-state index is 10.6. The fourth-order valence-corrected chi connectivity index (χ4v) is 5.64. The third-order valence-electron chi connectivity index (χ3n) is 7.84. The second-order valence-corrected chi connectivity index (χ2v) is 10.6. The molecule has 0 aromatic heterocycles. The van der Waals surface area contributed by atoms with Crippen LogP contribution >= 0.6 is 0 Å². The number of aliphatic hydroxyl groups excluding tert-OH is 2. The molecule has 33 heavy (non-hydrogen) atoms. The third kappa shape index (κ3) is 9.59. The summed E-state index contributed by atoms with van der Waals surface area (Å²) in [5.74, 6) is 7.43. The Morgan fingerprint density at radius 2 is 1.76 bits per heavy atom. The van der Waals surface area contributed by atoms with Crippen molar-refractivity contribution in [2.75, 3.05) is 19.6 Å². The highest BCUT2D eigenvalue weighted by Gasteiger charge is 2.44. The van der Waals surface area contributed by atoms with Gasteiger partial charge in [-0.05, 0) is 95.7 Å². The lowest BCUT2D eigenvalue weighted by Gasteiger charge is -2.21. The van der Waals surface area contributed by atoms with Crippen LogP contribution in [0.3, 0.4) is 0 Å². The maximum absolute atomic E-state index is 10.6. The lowest BCUT2D eigenvalue weighted by Crippen LogP contribution is -2.27. The van der Waals surface area contributed by atoms with E-state index >= 15 is 0 Å². The predicted molar refractivity (Wildman–Crippen MR) is 141 cm³/mol. The largest absolute Gasteiger partial charge is 0.392 e. The summed E-state index contributed by atoms with van der Waals surface area (Å²) in [6.07, 6.45) is 18.7. The van der Waals surface area contributed by atoms with Crippen molar-refractivity contribution in [1.29, 1.82) is 0 Å². The zero-order chi connectivity index (χ0) is 24.1. The van der Waals surface area contributed by atoms with Crippen LogP contribution in [0.4, 0.5) is 0 Å². The zero-order valence-electron chi connectivity index (χ0n) is 21.9. The first-order valence-corrected chi connectivity index (χ1v) is 13.8. The molecule has 0 bridgehead atoms. The summed E-state index contributed by atoms with van der Waals surface area (Å²) in [5, 5.41) is 21.0. The van der Waals surface area contributed by atoms with Crippen LogP contribution in [-0.2, 0) is 0 Å². The van der Waals surface area contributed by atoms with E-state index in [1.807, 2.05) is 19.9 Å². The van der Waals surface area contributed by atoms with Gasteiger partial charge in [-0.15, -0.1) is 11.8 Å². The van der Waals surface area contributed by atoms with Gasteiger partial charge < -0.3 is 15.1 Å². The molecule has 0 aromatic carbocycles. The van der Waals surface area contributed by atoms with Gasteiger partial charge in [-0.25, -0.2) is 0 Å². The number of rotatable bonds is 15. The van der Waals surface area contributed by atoms with Crippen LogP contribution in [0.25, 0.3) is 0 Å². The Morgan fingerprint density at radius 3 is 2.42 bits per heavy atom. The first kappa shape index (κ1) is 28.2. The Labute approximate surface area is 204 Å². The van der Waals surface area contributed by atoms with Crippen molar-refractivity contribution in [2.45, 2.75) is 111 Å². The predicted octanol–water partition coefficient (Wildman–Crippen LogP) is 6.36. The Hall–Kier alpha value is -1.08. The quantitative estimate of drug-likeness (QED) is 0.171. The molecular formula is C30H51NO2. The van der Waals surface area contributed by atoms with E-state index in [2.05, 4.69) is 42.7 Å². The van der Waals surface area contributed by atoms with Gasteiger partial charge in [-0.2, -0.15) is 0 Å². The number of hydrogen-bond donors (Lipinski definition) is 2. The zero-order valence-corrected chi connectivity index (χ0v) is 21.9. The van der Waals surface area contributed by atoms with Gasteiger partial charge in [0.25, 0.3) is 0 Å². The molecule has 0 unspecified atom stereocenters. The molecule has 6 atom stereocenters. The molecule has 2 aliphatic carbocycles. The maximum Gasteiger partial charge on any atom is 0.0755 e. The van der Waals surface area contributed by atoms with Gasteiger partial charge in [0.15, 0.2) is 0 Å². The van der Waals surface area contributed by atoms with Crippen LogP contribution in [0.1, 0.15) is 98.3 Å². The summed E-state index contributed by atoms with van der Waals surface area (Å²) >= 11 is 0. The van der Waals surface area contributed by atoms with Gasteiger partial charge in [0, 0.05) is 12.3 Å². The van der Waals surface area contributed by atoms with Crippen molar-refractivity contribution in [1.82, 2.24) is 4.90 Å². The molecule has 3 heteroatoms. The summed E-state index contributed by atoms with van der Waals surface area (Å²) in [7, 11) is 0. The van der Waals surface area contributed by atoms with Crippen LogP contribution in [0.15, 0.2) is 23.8 Å². The molecule has 0 aliphatic heterocycles. The molecule has 0 aromatic rings. The highest BCUT2D eigenvalue weighted by Crippen LogP contribution is 2.50. The standard InChI is InChI=1S/C30H51NO2/c1-5-8-14-24(4)29(32)17-16-27-28-22-25(21-26(28)23-30(27)33)15-12-11-13-20-31(18-9-6-2)19-10-7-3/h15-17,24,26-30,32-33H,6-7,9-14,18-23H2,1-4H3/t24-,26-,27+,28-,29+,30+/m0/s1. The van der Waals surface area contributed by atoms with Crippen molar-refractivity contribution in [2.24, 2.45) is 23.7 Å². The van der Waals surface area contributed by atoms with E-state index in [9.17, 15) is 10.2 Å². The van der Waals surface area contributed by atoms with Crippen molar-refractivity contribution >= 4 is 0 Å². The molecule has 0 spiro atoms. The molecule has 3 nitrogen and oxygen atoms in total. The van der Waals surface area contributed by atoms with Crippen LogP contribution in [0.2, 0.25) is 0 Å². The number of unbranched alkanes of at least 4 members (excludes halogenated alkanes) is 4. The monoisotopic (exact) mass is 457 g/mol. The number of nitrogens with zero attached hydrogens (tertiary/aromatic N) is 1. The van der Waals surface area contributed by atoms with E-state index in [0.29, 0.717) is 18.3 Å². The van der Waals surface area contributed by atoms with Gasteiger partial charge in [0.1, 0.15) is 0 Å². The van der Waals surface area contributed by atoms with Gasteiger partial charge in [0.05, 0.1) is 12.2 Å². The normalized spacial score (nSPS) is 27.8. The van der Waals surface area contributed by atoms with E-state index < -0.39 is 6.10 Å². The molecule has 0 radical (unpaired) electrons. The fraction of sp³-hybridized carbons (Fsp3) is 0.800. The molecule has 2 saturated carbocycles. The van der Waals surface area contributed by atoms with E-state index in [0.717, 1.165) is 19.3 Å². The third-order valence-corrected chi connectivity index (χ3v) is 7.84. The fourth-order valence-electron chi connectivity index (χ4n) is 5.64. The number of allylic oxidation sites excluding steroid dienone is 2. The average molecular weight is 458 g/mol. The number of aliphatic hydroxyl groups is 2. The second-order valence-electron chi connectivity index (χ2n) is 10.6. The number of fused-ring (bicyclic) bond motifs is 1. The van der Waals surface area contributed by atoms with Crippen molar-refractivity contribution in [3.8, 4) is 11.8 Å². The molecule has 2 rings (SSSR count). The van der Waals surface area contributed by atoms with Gasteiger partial charge >= 0.3 is 0 Å². The minimum Gasteiger partial charge on any atom is -0.392 e. The molecule has 0 heterocycles. The lowest BCUT2D eigenvalue weighted by molar-refractivity contribution is 0.137. The molecule has 0 amide bonds. The first-order chi connectivity index (χ1) is 16.0. The van der Waals surface area contributed by atoms with E-state index in [-0.39, 0.29) is 17.9 Å². The second kappa shape index (κ2) is 15.8. The summed E-state index contributed by atoms with van der Waals surface area (Å²) < 4.78 is 0. The molecule has 2 fully saturated rings. The average Bonchev–Trinajstić information content (AvgIpc) is 3.32. The number of hydrogen-bond acceptors (Lipinski definition) is 3. The molecule has 188 valence electrons. The summed E-state index contributed by atoms with van der Waals surface area (Å²) in [4.78, 5) is 2.67. The minimum absolute atomic E-state index is 0.127. The smallest absolute Gasteiger partial charge is 0.0755 e. The Morgan fingerprint density at radius 1 is 1.06 bits per heavy atom. The van der Waals surface area contributed by atoms with E-state index in [4.69, 9.17) is 0 Å². The van der Waals surface area contributed by atoms with Crippen molar-refractivity contribution in [3.63, 3.8) is 0 Å². The SMILES string of the molecule is CC#CC[C@H](C)[C@H](O)C=C[C@@H]1[C@H]2CC(=CCCCCN(CCCC)CCCC)C[C@H]2C[C@H]1O. The topological polar surface area (TPSA) is 43.7 Å². The van der Waals surface area contributed by atoms with Crippen LogP contribution in [0, 0.1) is 35.5 Å². The molecule has 0 saturated heterocycles. The lowest BCUT2D eigenvalue weighted by atomic mass is 9.89. The van der Waals surface area contributed by atoms with Crippen LogP contribution in [-0.4, -0.2) is 47.0 Å². The molecule has 2 N–H and O–H groups in total. The Balaban J connectivity index is 1.77.